The Hall–Kier alpha value is -1.17. The van der Waals surface area contributed by atoms with Gasteiger partial charge in [0.05, 0.1) is 7.11 Å². The quantitative estimate of drug-likeness (QED) is 0.858. The van der Waals surface area contributed by atoms with Crippen molar-refractivity contribution >= 4 is 0 Å². The number of methoxy groups -OCH3 is 1. The lowest BCUT2D eigenvalue weighted by Gasteiger charge is -2.39. The maximum Gasteiger partial charge on any atom is 0.212 e. The van der Waals surface area contributed by atoms with Gasteiger partial charge in [0.15, 0.2) is 0 Å². The molecule has 2 N–H and O–H groups in total. The molecule has 2 heterocycles. The minimum absolute atomic E-state index is 0.254. The smallest absolute Gasteiger partial charge is 0.212 e. The van der Waals surface area contributed by atoms with E-state index in [1.165, 1.54) is 12.1 Å². The minimum atomic E-state index is 0.254. The van der Waals surface area contributed by atoms with Gasteiger partial charge in [-0.15, -0.1) is 0 Å². The molecule has 5 nitrogen and oxygen atoms in total. The van der Waals surface area contributed by atoms with Gasteiger partial charge in [0.1, 0.15) is 0 Å². The van der Waals surface area contributed by atoms with Crippen LogP contribution in [0.2, 0.25) is 0 Å². The number of ether oxygens (including phenoxy) is 1. The van der Waals surface area contributed by atoms with Crippen LogP contribution in [0.1, 0.15) is 25.5 Å². The summed E-state index contributed by atoms with van der Waals surface area (Å²) < 4.78 is 5.12. The van der Waals surface area contributed by atoms with Crippen molar-refractivity contribution in [2.75, 3.05) is 46.4 Å². The second kappa shape index (κ2) is 7.73. The van der Waals surface area contributed by atoms with Crippen molar-refractivity contribution in [2.24, 2.45) is 11.7 Å². The van der Waals surface area contributed by atoms with Crippen LogP contribution in [0.4, 0.5) is 0 Å². The first-order valence-electron chi connectivity index (χ1n) is 7.80. The van der Waals surface area contributed by atoms with Gasteiger partial charge in [-0.2, -0.15) is 0 Å². The molecule has 1 atom stereocenters. The largest absolute Gasteiger partial charge is 0.481 e. The molecular weight excluding hydrogens is 264 g/mol. The summed E-state index contributed by atoms with van der Waals surface area (Å²) in [5, 5.41) is 0. The topological polar surface area (TPSA) is 54.6 Å². The zero-order valence-electron chi connectivity index (χ0n) is 13.5. The Morgan fingerprint density at radius 1 is 1.24 bits per heavy atom. The highest BCUT2D eigenvalue weighted by atomic mass is 16.5. The molecular formula is C16H28N4O. The summed E-state index contributed by atoms with van der Waals surface area (Å²) in [6, 6.07) is 4.24. The average molecular weight is 292 g/mol. The molecule has 1 unspecified atom stereocenters. The number of rotatable bonds is 6. The fraction of sp³-hybridized carbons (Fsp3) is 0.688. The van der Waals surface area contributed by atoms with Crippen LogP contribution in [0.5, 0.6) is 5.88 Å². The molecule has 21 heavy (non-hydrogen) atoms. The molecule has 5 heteroatoms. The SMILES string of the molecule is COc1ccc(C(CN)N2CCN(CC(C)C)CC2)cn1. The van der Waals surface area contributed by atoms with Crippen molar-refractivity contribution in [3.63, 3.8) is 0 Å². The molecule has 1 aromatic rings. The number of hydrogen-bond donors (Lipinski definition) is 1. The lowest BCUT2D eigenvalue weighted by atomic mass is 10.1. The maximum absolute atomic E-state index is 6.01. The predicted molar refractivity (Wildman–Crippen MR) is 85.4 cm³/mol. The number of nitrogens with zero attached hydrogens (tertiary/aromatic N) is 3. The average Bonchev–Trinajstić information content (AvgIpc) is 2.50. The highest BCUT2D eigenvalue weighted by Gasteiger charge is 2.24. The van der Waals surface area contributed by atoms with Crippen molar-refractivity contribution in [1.82, 2.24) is 14.8 Å². The van der Waals surface area contributed by atoms with Crippen molar-refractivity contribution in [3.05, 3.63) is 23.9 Å². The standard InChI is InChI=1S/C16H28N4O/c1-13(2)12-19-6-8-20(9-7-19)15(10-17)14-4-5-16(21-3)18-11-14/h4-5,11,13,15H,6-10,12,17H2,1-3H3. The van der Waals surface area contributed by atoms with Crippen molar-refractivity contribution < 1.29 is 4.74 Å². The van der Waals surface area contributed by atoms with Crippen LogP contribution in [0.25, 0.3) is 0 Å². The summed E-state index contributed by atoms with van der Waals surface area (Å²) in [4.78, 5) is 9.32. The van der Waals surface area contributed by atoms with E-state index >= 15 is 0 Å². The van der Waals surface area contributed by atoms with Gasteiger partial charge in [-0.1, -0.05) is 19.9 Å². The normalized spacial score (nSPS) is 18.9. The van der Waals surface area contributed by atoms with Gasteiger partial charge < -0.3 is 15.4 Å². The molecule has 2 rings (SSSR count). The van der Waals surface area contributed by atoms with Gasteiger partial charge in [0.25, 0.3) is 0 Å². The summed E-state index contributed by atoms with van der Waals surface area (Å²) in [7, 11) is 1.64. The molecule has 1 aliphatic rings. The highest BCUT2D eigenvalue weighted by molar-refractivity contribution is 5.21. The van der Waals surface area contributed by atoms with E-state index in [-0.39, 0.29) is 6.04 Å². The first-order chi connectivity index (χ1) is 10.1. The van der Waals surface area contributed by atoms with Crippen molar-refractivity contribution in [2.45, 2.75) is 19.9 Å². The summed E-state index contributed by atoms with van der Waals surface area (Å²) >= 11 is 0. The van der Waals surface area contributed by atoms with Crippen LogP contribution >= 0.6 is 0 Å². The van der Waals surface area contributed by atoms with E-state index in [9.17, 15) is 0 Å². The Labute approximate surface area is 128 Å². The second-order valence-corrected chi connectivity index (χ2v) is 6.12. The molecule has 0 spiro atoms. The Morgan fingerprint density at radius 2 is 1.95 bits per heavy atom. The van der Waals surface area contributed by atoms with Crippen LogP contribution in [-0.2, 0) is 0 Å². The van der Waals surface area contributed by atoms with Gasteiger partial charge in [0.2, 0.25) is 5.88 Å². The molecule has 0 saturated carbocycles. The first-order valence-corrected chi connectivity index (χ1v) is 7.80. The molecule has 1 aliphatic heterocycles. The molecule has 0 radical (unpaired) electrons. The number of nitrogens with two attached hydrogens (primary N) is 1. The number of pyridine rings is 1. The molecule has 0 aromatic carbocycles. The predicted octanol–water partition coefficient (Wildman–Crippen LogP) is 1.36. The van der Waals surface area contributed by atoms with Gasteiger partial charge in [0, 0.05) is 57.6 Å². The zero-order valence-corrected chi connectivity index (χ0v) is 13.5. The molecule has 0 bridgehead atoms. The highest BCUT2D eigenvalue weighted by Crippen LogP contribution is 2.22. The summed E-state index contributed by atoms with van der Waals surface area (Å²) in [6.07, 6.45) is 1.89. The fourth-order valence-corrected chi connectivity index (χ4v) is 2.98. The number of hydrogen-bond acceptors (Lipinski definition) is 5. The van der Waals surface area contributed by atoms with Crippen LogP contribution in [0.3, 0.4) is 0 Å². The third-order valence-corrected chi connectivity index (χ3v) is 4.05. The third-order valence-electron chi connectivity index (χ3n) is 4.05. The monoisotopic (exact) mass is 292 g/mol. The first kappa shape index (κ1) is 16.2. The maximum atomic E-state index is 6.01. The fourth-order valence-electron chi connectivity index (χ4n) is 2.98. The Balaban J connectivity index is 1.95. The van der Waals surface area contributed by atoms with E-state index < -0.39 is 0 Å². The number of piperazine rings is 1. The minimum Gasteiger partial charge on any atom is -0.481 e. The molecule has 1 aromatic heterocycles. The van der Waals surface area contributed by atoms with Crippen LogP contribution < -0.4 is 10.5 Å². The Kier molecular flexibility index (Phi) is 5.96. The van der Waals surface area contributed by atoms with E-state index in [2.05, 4.69) is 34.7 Å². The Bertz CT molecular complexity index is 413. The van der Waals surface area contributed by atoms with Gasteiger partial charge >= 0.3 is 0 Å². The van der Waals surface area contributed by atoms with E-state index in [1.807, 2.05) is 12.3 Å². The zero-order chi connectivity index (χ0) is 15.2. The van der Waals surface area contributed by atoms with Gasteiger partial charge in [-0.25, -0.2) is 4.98 Å². The van der Waals surface area contributed by atoms with Crippen LogP contribution in [0.15, 0.2) is 18.3 Å². The van der Waals surface area contributed by atoms with Crippen LogP contribution in [-0.4, -0.2) is 61.2 Å². The summed E-state index contributed by atoms with van der Waals surface area (Å²) in [5.41, 5.74) is 7.18. The van der Waals surface area contributed by atoms with Crippen molar-refractivity contribution in [1.29, 1.82) is 0 Å². The summed E-state index contributed by atoms with van der Waals surface area (Å²) in [5.74, 6) is 1.38. The molecule has 1 fully saturated rings. The van der Waals surface area contributed by atoms with Crippen molar-refractivity contribution in [3.8, 4) is 5.88 Å². The third kappa shape index (κ3) is 4.40. The van der Waals surface area contributed by atoms with E-state index in [1.54, 1.807) is 7.11 Å². The number of aromatic nitrogens is 1. The molecule has 0 aliphatic carbocycles. The molecule has 1 saturated heterocycles. The van der Waals surface area contributed by atoms with E-state index in [4.69, 9.17) is 10.5 Å². The molecule has 0 amide bonds. The lowest BCUT2D eigenvalue weighted by molar-refractivity contribution is 0.0911. The van der Waals surface area contributed by atoms with E-state index in [0.29, 0.717) is 12.4 Å². The second-order valence-electron chi connectivity index (χ2n) is 6.12. The summed E-state index contributed by atoms with van der Waals surface area (Å²) in [6.45, 7) is 10.7. The lowest BCUT2D eigenvalue weighted by Crippen LogP contribution is -2.49. The van der Waals surface area contributed by atoms with Crippen LogP contribution in [0, 0.1) is 5.92 Å². The van der Waals surface area contributed by atoms with Gasteiger partial charge in [-0.05, 0) is 11.5 Å². The van der Waals surface area contributed by atoms with E-state index in [0.717, 1.165) is 32.1 Å². The molecule has 118 valence electrons. The van der Waals surface area contributed by atoms with Gasteiger partial charge in [-0.3, -0.25) is 4.90 Å². The Morgan fingerprint density at radius 3 is 2.43 bits per heavy atom.